The third-order valence-corrected chi connectivity index (χ3v) is 16.2. The van der Waals surface area contributed by atoms with Gasteiger partial charge in [0.25, 0.3) is 0 Å². The van der Waals surface area contributed by atoms with Crippen molar-refractivity contribution in [3.63, 3.8) is 0 Å². The smallest absolute Gasteiger partial charge is 0.179 e. The van der Waals surface area contributed by atoms with Gasteiger partial charge in [-0.15, -0.1) is 0 Å². The second kappa shape index (κ2) is 15.0. The first-order chi connectivity index (χ1) is 24.8. The fourth-order valence-corrected chi connectivity index (χ4v) is 13.6. The number of benzene rings is 3. The van der Waals surface area contributed by atoms with Gasteiger partial charge in [0.2, 0.25) is 0 Å². The van der Waals surface area contributed by atoms with Gasteiger partial charge >= 0.3 is 0 Å². The lowest BCUT2D eigenvalue weighted by molar-refractivity contribution is -0.131. The Morgan fingerprint density at radius 1 is 0.673 bits per heavy atom. The van der Waals surface area contributed by atoms with Crippen LogP contribution in [0.3, 0.4) is 0 Å². The molecule has 0 spiro atoms. The molecule has 0 saturated heterocycles. The Bertz CT molecular complexity index is 2100. The molecule has 2 unspecified atom stereocenters. The molecule has 6 nitrogen and oxygen atoms in total. The summed E-state index contributed by atoms with van der Waals surface area (Å²) in [4.78, 5) is 29.9. The maximum absolute atomic E-state index is 14.7. The van der Waals surface area contributed by atoms with Crippen molar-refractivity contribution < 1.29 is 26.4 Å². The lowest BCUT2D eigenvalue weighted by atomic mass is 9.66. The van der Waals surface area contributed by atoms with Crippen LogP contribution in [0.4, 0.5) is 0 Å². The summed E-state index contributed by atoms with van der Waals surface area (Å²) in [5.41, 5.74) is 0.597. The molecule has 3 aromatic rings. The number of hydrogen-bond donors (Lipinski definition) is 0. The molecule has 0 bridgehead atoms. The normalized spacial score (nSPS) is 29.2. The molecule has 0 amide bonds. The van der Waals surface area contributed by atoms with Gasteiger partial charge in [0.05, 0.1) is 33.1 Å². The highest BCUT2D eigenvalue weighted by Gasteiger charge is 2.51. The van der Waals surface area contributed by atoms with Gasteiger partial charge in [-0.3, -0.25) is 9.59 Å². The number of sulfone groups is 2. The summed E-state index contributed by atoms with van der Waals surface area (Å²) in [5, 5.41) is 0. The molecule has 8 heteroatoms. The van der Waals surface area contributed by atoms with Crippen LogP contribution in [0, 0.1) is 22.7 Å². The lowest BCUT2D eigenvalue weighted by Gasteiger charge is -2.36. The van der Waals surface area contributed by atoms with Crippen molar-refractivity contribution in [3.8, 4) is 0 Å². The van der Waals surface area contributed by atoms with Gasteiger partial charge in [-0.2, -0.15) is 0 Å². The molecule has 0 N–H and O–H groups in total. The Hall–Kier alpha value is -3.62. The molecular formula is C44H52O6S2. The number of allylic oxidation sites excluding steroid dienone is 4. The van der Waals surface area contributed by atoms with Gasteiger partial charge in [-0.05, 0) is 84.7 Å². The Balaban J connectivity index is 1.35. The summed E-state index contributed by atoms with van der Waals surface area (Å²) in [6.07, 6.45) is 12.4. The zero-order valence-corrected chi connectivity index (χ0v) is 32.5. The van der Waals surface area contributed by atoms with Crippen LogP contribution in [0.2, 0.25) is 0 Å². The quantitative estimate of drug-likeness (QED) is 0.195. The molecule has 0 radical (unpaired) electrons. The van der Waals surface area contributed by atoms with Crippen molar-refractivity contribution in [3.05, 3.63) is 119 Å². The largest absolute Gasteiger partial charge is 0.298 e. The molecule has 52 heavy (non-hydrogen) atoms. The topological polar surface area (TPSA) is 102 Å². The van der Waals surface area contributed by atoms with Crippen LogP contribution in [0.1, 0.15) is 107 Å². The number of carbonyl (C=O) groups is 2. The van der Waals surface area contributed by atoms with E-state index < -0.39 is 42.3 Å². The first kappa shape index (κ1) is 38.1. The Morgan fingerprint density at radius 2 is 1.29 bits per heavy atom. The lowest BCUT2D eigenvalue weighted by Crippen LogP contribution is -2.41. The van der Waals surface area contributed by atoms with E-state index in [1.54, 1.807) is 30.3 Å². The van der Waals surface area contributed by atoms with E-state index in [-0.39, 0.29) is 44.7 Å². The number of ketones is 2. The highest BCUT2D eigenvalue weighted by Crippen LogP contribution is 2.50. The van der Waals surface area contributed by atoms with Crippen molar-refractivity contribution in [2.75, 3.05) is 11.5 Å². The maximum atomic E-state index is 14.7. The van der Waals surface area contributed by atoms with Crippen LogP contribution in [-0.2, 0) is 35.7 Å². The minimum atomic E-state index is -3.83. The highest BCUT2D eigenvalue weighted by atomic mass is 32.2. The summed E-state index contributed by atoms with van der Waals surface area (Å²) < 4.78 is 56.8. The average Bonchev–Trinajstić information content (AvgIpc) is 3.26. The van der Waals surface area contributed by atoms with E-state index in [9.17, 15) is 26.4 Å². The van der Waals surface area contributed by atoms with Crippen molar-refractivity contribution in [1.82, 2.24) is 0 Å². The molecule has 6 atom stereocenters. The van der Waals surface area contributed by atoms with E-state index in [0.29, 0.717) is 49.7 Å². The minimum absolute atomic E-state index is 0.0299. The first-order valence-corrected chi connectivity index (χ1v) is 22.3. The summed E-state index contributed by atoms with van der Waals surface area (Å²) in [5.74, 6) is -1.90. The summed E-state index contributed by atoms with van der Waals surface area (Å²) in [7, 11) is -7.62. The number of fused-ring (bicyclic) bond motifs is 2. The average molecular weight is 741 g/mol. The maximum Gasteiger partial charge on any atom is 0.179 e. The fraction of sp³-hybridized carbons (Fsp3) is 0.455. The van der Waals surface area contributed by atoms with Gasteiger partial charge in [0.15, 0.2) is 25.5 Å². The number of Topliss-reactive ketones (excluding diaryl/α,β-unsaturated/α-hetero) is 2. The number of aryl methyl sites for hydroxylation is 1. The molecule has 3 aromatic carbocycles. The molecule has 1 aliphatic carbocycles. The van der Waals surface area contributed by atoms with Crippen LogP contribution < -0.4 is 0 Å². The second-order valence-electron chi connectivity index (χ2n) is 15.4. The van der Waals surface area contributed by atoms with E-state index in [4.69, 9.17) is 0 Å². The number of rotatable bonds is 11. The van der Waals surface area contributed by atoms with Crippen molar-refractivity contribution in [2.45, 2.75) is 101 Å². The van der Waals surface area contributed by atoms with E-state index >= 15 is 0 Å². The van der Waals surface area contributed by atoms with Crippen LogP contribution in [0.5, 0.6) is 0 Å². The SMILES string of the molecule is CCCC[C@]1(CC)CS(=O)(=O)c2cc(CCC[C@]3(CC)CS(=O)(=O)c4ccccc4[C@H](c4ccccc4)C3=O)ccc2[C@@H](C2C=CC=CC2C)C1=O. The van der Waals surface area contributed by atoms with Crippen LogP contribution in [0.25, 0.3) is 0 Å². The molecule has 0 fully saturated rings. The molecule has 0 saturated carbocycles. The highest BCUT2D eigenvalue weighted by molar-refractivity contribution is 7.91. The fourth-order valence-electron chi connectivity index (χ4n) is 9.16. The zero-order valence-electron chi connectivity index (χ0n) is 30.9. The molecular weight excluding hydrogens is 689 g/mol. The Labute approximate surface area is 310 Å². The molecule has 276 valence electrons. The van der Waals surface area contributed by atoms with E-state index in [0.717, 1.165) is 24.0 Å². The van der Waals surface area contributed by atoms with Crippen molar-refractivity contribution in [1.29, 1.82) is 0 Å². The van der Waals surface area contributed by atoms with Gasteiger partial charge in [-0.25, -0.2) is 16.8 Å². The van der Waals surface area contributed by atoms with E-state index in [1.807, 2.05) is 68.5 Å². The third kappa shape index (κ3) is 6.93. The van der Waals surface area contributed by atoms with Gasteiger partial charge in [0.1, 0.15) is 5.78 Å². The second-order valence-corrected chi connectivity index (χ2v) is 19.3. The molecule has 6 rings (SSSR count). The van der Waals surface area contributed by atoms with Crippen molar-refractivity contribution >= 4 is 31.2 Å². The van der Waals surface area contributed by atoms with E-state index in [1.165, 1.54) is 0 Å². The zero-order chi connectivity index (χ0) is 37.3. The molecule has 2 heterocycles. The Kier molecular flexibility index (Phi) is 11.0. The molecule has 3 aliphatic rings. The van der Waals surface area contributed by atoms with Crippen molar-refractivity contribution in [2.24, 2.45) is 22.7 Å². The monoisotopic (exact) mass is 740 g/mol. The van der Waals surface area contributed by atoms with Gasteiger partial charge in [0, 0.05) is 10.8 Å². The number of carbonyl (C=O) groups excluding carboxylic acids is 2. The van der Waals surface area contributed by atoms with Crippen LogP contribution in [-0.4, -0.2) is 39.9 Å². The molecule has 0 aromatic heterocycles. The first-order valence-electron chi connectivity index (χ1n) is 19.0. The number of unbranched alkanes of at least 4 members (excludes halogenated alkanes) is 1. The van der Waals surface area contributed by atoms with Gasteiger partial charge in [-0.1, -0.05) is 126 Å². The van der Waals surface area contributed by atoms with Gasteiger partial charge < -0.3 is 0 Å². The van der Waals surface area contributed by atoms with E-state index in [2.05, 4.69) is 26.0 Å². The number of hydrogen-bond acceptors (Lipinski definition) is 6. The summed E-state index contributed by atoms with van der Waals surface area (Å²) in [6.45, 7) is 7.99. The standard InChI is InChI=1S/C44H52O6S2/c1-5-8-26-43(6-2)30-52(49,50)38-28-32(24-25-36(38)40(42(43)46)34-21-13-12-17-31(34)4)18-16-27-44(7-3)29-51(47,48)37-23-15-14-22-35(37)39(41(44)45)33-19-10-9-11-20-33/h9-15,17,19-25,28,31,34,39-40H,5-8,16,18,26-27,29-30H2,1-4H3/t31?,34?,39-,40+,43+,44+/m0/s1. The summed E-state index contributed by atoms with van der Waals surface area (Å²) in [6, 6.07) is 21.8. The Morgan fingerprint density at radius 3 is 1.96 bits per heavy atom. The molecule has 2 aliphatic heterocycles. The van der Waals surface area contributed by atoms with Crippen LogP contribution >= 0.6 is 0 Å². The summed E-state index contributed by atoms with van der Waals surface area (Å²) >= 11 is 0. The van der Waals surface area contributed by atoms with Crippen LogP contribution in [0.15, 0.2) is 107 Å². The minimum Gasteiger partial charge on any atom is -0.298 e. The predicted octanol–water partition coefficient (Wildman–Crippen LogP) is 9.00. The third-order valence-electron chi connectivity index (χ3n) is 12.3. The predicted molar refractivity (Wildman–Crippen MR) is 207 cm³/mol.